The fraction of sp³-hybridized carbons (Fsp3) is 0.222. The second-order valence-electron chi connectivity index (χ2n) is 11.4. The summed E-state index contributed by atoms with van der Waals surface area (Å²) >= 11 is 0. The number of aryl methyl sites for hydroxylation is 1. The van der Waals surface area contributed by atoms with Crippen molar-refractivity contribution in [1.82, 2.24) is 0 Å². The molecular formula is C36H34N2O12. The average molecular weight is 687 g/mol. The lowest BCUT2D eigenvalue weighted by Crippen LogP contribution is -2.34. The van der Waals surface area contributed by atoms with Gasteiger partial charge >= 0.3 is 17.9 Å². The normalized spacial score (nSPS) is 11.0. The number of hydrogen-bond acceptors (Lipinski definition) is 11. The summed E-state index contributed by atoms with van der Waals surface area (Å²) in [6, 6.07) is 16.5. The number of fused-ring (bicyclic) bond motifs is 2. The zero-order valence-corrected chi connectivity index (χ0v) is 27.1. The molecule has 0 atom stereocenters. The van der Waals surface area contributed by atoms with E-state index in [9.17, 15) is 44.7 Å². The summed E-state index contributed by atoms with van der Waals surface area (Å²) in [7, 11) is 0. The van der Waals surface area contributed by atoms with Crippen molar-refractivity contribution < 1.29 is 53.8 Å². The molecule has 0 bridgehead atoms. The van der Waals surface area contributed by atoms with E-state index in [1.807, 2.05) is 0 Å². The van der Waals surface area contributed by atoms with Crippen LogP contribution in [0.3, 0.4) is 0 Å². The molecule has 14 heteroatoms. The molecule has 3 aromatic carbocycles. The third kappa shape index (κ3) is 7.81. The lowest BCUT2D eigenvalue weighted by atomic mass is 9.92. The van der Waals surface area contributed by atoms with E-state index in [4.69, 9.17) is 13.9 Å². The quantitative estimate of drug-likeness (QED) is 0.0752. The summed E-state index contributed by atoms with van der Waals surface area (Å²) in [5.74, 6) is -3.23. The van der Waals surface area contributed by atoms with Gasteiger partial charge in [0.25, 0.3) is 0 Å². The van der Waals surface area contributed by atoms with Gasteiger partial charge in [-0.25, -0.2) is 0 Å². The van der Waals surface area contributed by atoms with Crippen LogP contribution in [0.1, 0.15) is 12.5 Å². The second-order valence-corrected chi connectivity index (χ2v) is 11.4. The highest BCUT2D eigenvalue weighted by molar-refractivity contribution is 6.04. The first-order chi connectivity index (χ1) is 23.8. The Labute approximate surface area is 284 Å². The SMILES string of the molecule is CCN(CC(=O)O)c1cc(O)c(-c2c3ccc(=O)cc-3oc3cc(O)ccc23)cc1OCCOc1cc(C)ccc1N(CC(=O)O)CC(=O)O. The average Bonchev–Trinajstić information content (AvgIpc) is 3.04. The first kappa shape index (κ1) is 34.9. The van der Waals surface area contributed by atoms with E-state index in [0.717, 1.165) is 10.5 Å². The molecule has 50 heavy (non-hydrogen) atoms. The summed E-state index contributed by atoms with van der Waals surface area (Å²) in [5.41, 5.74) is 2.46. The number of nitrogens with zero attached hydrogens (tertiary/aromatic N) is 2. The van der Waals surface area contributed by atoms with E-state index in [-0.39, 0.29) is 76.5 Å². The van der Waals surface area contributed by atoms with Gasteiger partial charge in [-0.05, 0) is 61.9 Å². The summed E-state index contributed by atoms with van der Waals surface area (Å²) in [6.45, 7) is 2.02. The summed E-state index contributed by atoms with van der Waals surface area (Å²) < 4.78 is 18.1. The first-order valence-corrected chi connectivity index (χ1v) is 15.4. The number of phenols is 2. The van der Waals surface area contributed by atoms with E-state index >= 15 is 0 Å². The molecule has 5 rings (SSSR count). The molecule has 3 aromatic rings. The van der Waals surface area contributed by atoms with Crippen molar-refractivity contribution in [3.63, 3.8) is 0 Å². The Bertz CT molecular complexity index is 2090. The van der Waals surface area contributed by atoms with Gasteiger partial charge in [-0.15, -0.1) is 0 Å². The molecule has 2 aliphatic rings. The molecule has 260 valence electrons. The molecule has 0 unspecified atom stereocenters. The van der Waals surface area contributed by atoms with E-state index < -0.39 is 37.5 Å². The maximum absolute atomic E-state index is 12.2. The van der Waals surface area contributed by atoms with Gasteiger partial charge in [-0.2, -0.15) is 0 Å². The highest BCUT2D eigenvalue weighted by Crippen LogP contribution is 2.47. The minimum Gasteiger partial charge on any atom is -0.508 e. The van der Waals surface area contributed by atoms with Crippen molar-refractivity contribution in [2.45, 2.75) is 13.8 Å². The Morgan fingerprint density at radius 2 is 1.36 bits per heavy atom. The van der Waals surface area contributed by atoms with Crippen molar-refractivity contribution in [1.29, 1.82) is 0 Å². The molecule has 1 aliphatic carbocycles. The topological polar surface area (TPSA) is 208 Å². The highest BCUT2D eigenvalue weighted by atomic mass is 16.5. The van der Waals surface area contributed by atoms with Crippen LogP contribution in [-0.2, 0) is 14.4 Å². The standard InChI is InChI=1S/C36H34N2O12/c1-3-37(17-33(42)43)27-16-28(41)25(36-23-7-5-21(39)13-29(23)50-30-14-22(40)6-8-24(30)36)15-32(27)49-11-10-48-31-12-20(2)4-9-26(31)38(18-34(44)45)19-35(46)47/h4-9,12-16,39,41H,3,10-11,17-19H2,1-2H3,(H,42,43)(H,44,45)(H,46,47). The number of phenolic OH excluding ortho intramolecular Hbond substituents is 2. The van der Waals surface area contributed by atoms with Crippen LogP contribution < -0.4 is 24.7 Å². The molecule has 14 nitrogen and oxygen atoms in total. The number of benzene rings is 4. The van der Waals surface area contributed by atoms with Gasteiger partial charge < -0.3 is 49.2 Å². The summed E-state index contributed by atoms with van der Waals surface area (Å²) in [6.07, 6.45) is 0. The minimum atomic E-state index is -1.23. The molecule has 0 amide bonds. The third-order valence-electron chi connectivity index (χ3n) is 7.78. The second kappa shape index (κ2) is 14.8. The van der Waals surface area contributed by atoms with Crippen molar-refractivity contribution >= 4 is 40.3 Å². The van der Waals surface area contributed by atoms with Crippen LogP contribution in [0, 0.1) is 6.92 Å². The summed E-state index contributed by atoms with van der Waals surface area (Å²) in [5, 5.41) is 50.4. The van der Waals surface area contributed by atoms with E-state index in [1.54, 1.807) is 50.2 Å². The maximum Gasteiger partial charge on any atom is 0.323 e. The molecular weight excluding hydrogens is 652 g/mol. The number of likely N-dealkylation sites (N-methyl/N-ethyl adjacent to an activating group) is 1. The summed E-state index contributed by atoms with van der Waals surface area (Å²) in [4.78, 5) is 49.6. The van der Waals surface area contributed by atoms with Gasteiger partial charge in [-0.3, -0.25) is 19.2 Å². The Morgan fingerprint density at radius 1 is 0.720 bits per heavy atom. The number of ether oxygens (including phenoxy) is 2. The van der Waals surface area contributed by atoms with Gasteiger partial charge in [0.05, 0.1) is 11.4 Å². The molecule has 1 aliphatic heterocycles. The number of anilines is 2. The lowest BCUT2D eigenvalue weighted by molar-refractivity contribution is -0.137. The third-order valence-corrected chi connectivity index (χ3v) is 7.78. The van der Waals surface area contributed by atoms with Crippen molar-refractivity contribution in [3.8, 4) is 45.4 Å². The maximum atomic E-state index is 12.2. The molecule has 1 heterocycles. The van der Waals surface area contributed by atoms with Crippen LogP contribution in [0.2, 0.25) is 0 Å². The molecule has 0 fully saturated rings. The van der Waals surface area contributed by atoms with E-state index in [0.29, 0.717) is 16.5 Å². The Kier molecular flexibility index (Phi) is 10.3. The van der Waals surface area contributed by atoms with Crippen LogP contribution in [-0.4, -0.2) is 82.8 Å². The largest absolute Gasteiger partial charge is 0.508 e. The fourth-order valence-electron chi connectivity index (χ4n) is 5.65. The smallest absolute Gasteiger partial charge is 0.323 e. The predicted octanol–water partition coefficient (Wildman–Crippen LogP) is 4.63. The molecule has 0 radical (unpaired) electrons. The molecule has 5 N–H and O–H groups in total. The van der Waals surface area contributed by atoms with Crippen LogP contribution in [0.5, 0.6) is 23.0 Å². The van der Waals surface area contributed by atoms with Crippen LogP contribution in [0.4, 0.5) is 11.4 Å². The van der Waals surface area contributed by atoms with Gasteiger partial charge in [-0.1, -0.05) is 6.07 Å². The van der Waals surface area contributed by atoms with Crippen LogP contribution in [0.25, 0.3) is 33.4 Å². The fourth-order valence-corrected chi connectivity index (χ4v) is 5.65. The Morgan fingerprint density at radius 3 is 2.00 bits per heavy atom. The van der Waals surface area contributed by atoms with Crippen molar-refractivity contribution in [2.24, 2.45) is 0 Å². The number of aliphatic carboxylic acids is 3. The van der Waals surface area contributed by atoms with Crippen molar-refractivity contribution in [3.05, 3.63) is 82.5 Å². The molecule has 0 saturated heterocycles. The zero-order valence-electron chi connectivity index (χ0n) is 27.1. The monoisotopic (exact) mass is 686 g/mol. The number of carboxylic acids is 3. The van der Waals surface area contributed by atoms with E-state index in [1.165, 1.54) is 35.2 Å². The number of aromatic hydroxyl groups is 2. The Balaban J connectivity index is 1.54. The van der Waals surface area contributed by atoms with Crippen LogP contribution >= 0.6 is 0 Å². The molecule has 0 spiro atoms. The van der Waals surface area contributed by atoms with Gasteiger partial charge in [0, 0.05) is 46.8 Å². The zero-order chi connectivity index (χ0) is 36.1. The van der Waals surface area contributed by atoms with Crippen molar-refractivity contribution in [2.75, 3.05) is 49.2 Å². The predicted molar refractivity (Wildman–Crippen MR) is 183 cm³/mol. The van der Waals surface area contributed by atoms with Gasteiger partial charge in [0.2, 0.25) is 0 Å². The Hall–Kier alpha value is -6.44. The van der Waals surface area contributed by atoms with Gasteiger partial charge in [0.15, 0.2) is 5.43 Å². The molecule has 0 aromatic heterocycles. The highest BCUT2D eigenvalue weighted by Gasteiger charge is 2.24. The first-order valence-electron chi connectivity index (χ1n) is 15.4. The van der Waals surface area contributed by atoms with Gasteiger partial charge in [0.1, 0.15) is 67.2 Å². The number of carbonyl (C=O) groups is 3. The van der Waals surface area contributed by atoms with Crippen LogP contribution in [0.15, 0.2) is 75.9 Å². The number of rotatable bonds is 15. The minimum absolute atomic E-state index is 0.0773. The van der Waals surface area contributed by atoms with E-state index in [2.05, 4.69) is 0 Å². The molecule has 0 saturated carbocycles. The lowest BCUT2D eigenvalue weighted by Gasteiger charge is -2.26. The number of carboxylic acid groups (broad SMARTS) is 3. The number of hydrogen-bond donors (Lipinski definition) is 5.